The lowest BCUT2D eigenvalue weighted by molar-refractivity contribution is -0.140. The first-order valence-corrected chi connectivity index (χ1v) is 23.2. The van der Waals surface area contributed by atoms with Crippen molar-refractivity contribution in [3.63, 3.8) is 0 Å². The molecule has 0 aliphatic rings. The highest BCUT2D eigenvalue weighted by Gasteiger charge is 2.24. The van der Waals surface area contributed by atoms with Crippen LogP contribution in [0.1, 0.15) is 67.3 Å². The van der Waals surface area contributed by atoms with Gasteiger partial charge in [-0.3, -0.25) is 9.59 Å². The number of carboxylic acids is 2. The molecule has 7 rings (SSSR count). The minimum atomic E-state index is -0.942. The van der Waals surface area contributed by atoms with Crippen LogP contribution in [0.3, 0.4) is 0 Å². The average molecular weight is 949 g/mol. The van der Waals surface area contributed by atoms with Crippen molar-refractivity contribution in [3.05, 3.63) is 179 Å². The number of carbonyl (C=O) groups is 2. The summed E-state index contributed by atoms with van der Waals surface area (Å²) in [6.07, 6.45) is 1.77. The fourth-order valence-corrected chi connectivity index (χ4v) is 7.10. The van der Waals surface area contributed by atoms with E-state index in [2.05, 4.69) is 20.3 Å². The van der Waals surface area contributed by atoms with E-state index in [9.17, 15) is 19.8 Å². The van der Waals surface area contributed by atoms with Gasteiger partial charge in [0, 0.05) is 24.0 Å². The molecule has 2 aromatic heterocycles. The Morgan fingerprint density at radius 3 is 1.36 bits per heavy atom. The molecule has 2 unspecified atom stereocenters. The summed E-state index contributed by atoms with van der Waals surface area (Å²) in [5.41, 5.74) is 7.20. The van der Waals surface area contributed by atoms with Crippen LogP contribution in [-0.4, -0.2) is 62.9 Å². The van der Waals surface area contributed by atoms with Crippen LogP contribution in [0.5, 0.6) is 11.5 Å². The summed E-state index contributed by atoms with van der Waals surface area (Å²) >= 11 is 0. The number of rotatable bonds is 23. The number of oxazole rings is 2. The first-order valence-electron chi connectivity index (χ1n) is 23.2. The lowest BCUT2D eigenvalue weighted by Gasteiger charge is -2.13. The minimum absolute atomic E-state index is 0.100. The second-order valence-electron chi connectivity index (χ2n) is 16.8. The van der Waals surface area contributed by atoms with Crippen molar-refractivity contribution in [3.8, 4) is 34.4 Å². The zero-order chi connectivity index (χ0) is 49.8. The molecule has 14 nitrogen and oxygen atoms in total. The molecule has 7 aromatic rings. The smallest absolute Gasteiger partial charge is 0.312 e. The second-order valence-corrected chi connectivity index (χ2v) is 16.8. The van der Waals surface area contributed by atoms with E-state index in [0.29, 0.717) is 73.6 Å². The fraction of sp³-hybridized carbons (Fsp3) is 0.286. The Kier molecular flexibility index (Phi) is 19.0. The van der Waals surface area contributed by atoms with Gasteiger partial charge in [-0.15, -0.1) is 0 Å². The molecular formula is C56H60N4O10. The Hall–Kier alpha value is -8.00. The zero-order valence-electron chi connectivity index (χ0n) is 40.4. The molecule has 14 heteroatoms. The Morgan fingerprint density at radius 1 is 0.557 bits per heavy atom. The lowest BCUT2D eigenvalue weighted by atomic mass is 9.95. The summed E-state index contributed by atoms with van der Waals surface area (Å²) in [4.78, 5) is 43.3. The van der Waals surface area contributed by atoms with Crippen LogP contribution in [0, 0.1) is 25.7 Å². The van der Waals surface area contributed by atoms with Crippen LogP contribution in [0.15, 0.2) is 159 Å². The number of hydrogen-bond acceptors (Lipinski definition) is 12. The molecule has 0 spiro atoms. The van der Waals surface area contributed by atoms with E-state index in [1.165, 1.54) is 0 Å². The van der Waals surface area contributed by atoms with Gasteiger partial charge in [-0.2, -0.15) is 0 Å². The highest BCUT2D eigenvalue weighted by Crippen LogP contribution is 2.25. The number of hydrogen-bond donors (Lipinski definition) is 2. The average Bonchev–Trinajstić information content (AvgIpc) is 3.94. The SMILES string of the molecule is C/C(=N/OC(C)C)C(Cc1ccc(OCCc2nc(-c3ccccc3)oc2C)cc1)C(=O)O.C/C(=N\OCc1ccccc1)C(Cc1ccc(OCCc2nc(-c3ccccc3)oc2C)cc1)C(=O)O. The molecule has 2 N–H and O–H groups in total. The summed E-state index contributed by atoms with van der Waals surface area (Å²) < 4.78 is 23.3. The van der Waals surface area contributed by atoms with Crippen molar-refractivity contribution >= 4 is 23.4 Å². The van der Waals surface area contributed by atoms with E-state index in [1.54, 1.807) is 13.8 Å². The first kappa shape index (κ1) is 51.4. The van der Waals surface area contributed by atoms with Crippen molar-refractivity contribution in [2.24, 2.45) is 22.1 Å². The minimum Gasteiger partial charge on any atom is -0.493 e. The maximum atomic E-state index is 11.9. The van der Waals surface area contributed by atoms with E-state index in [1.807, 2.05) is 167 Å². The van der Waals surface area contributed by atoms with Crippen LogP contribution in [0.2, 0.25) is 0 Å². The Morgan fingerprint density at radius 2 is 0.957 bits per heavy atom. The normalized spacial score (nSPS) is 12.4. The van der Waals surface area contributed by atoms with Gasteiger partial charge in [-0.25, -0.2) is 9.97 Å². The maximum Gasteiger partial charge on any atom is 0.312 e. The molecular weight excluding hydrogens is 889 g/mol. The Bertz CT molecular complexity index is 2770. The number of nitrogens with zero attached hydrogens (tertiary/aromatic N) is 4. The van der Waals surface area contributed by atoms with Gasteiger partial charge in [0.25, 0.3) is 0 Å². The monoisotopic (exact) mass is 948 g/mol. The van der Waals surface area contributed by atoms with Crippen molar-refractivity contribution < 1.29 is 47.8 Å². The molecule has 0 saturated carbocycles. The summed E-state index contributed by atoms with van der Waals surface area (Å²) in [6, 6.07) is 44.1. The standard InChI is InChI=1S/C30H30N2O5.C26H30N2O5/c1-21(32-36-20-24-9-5-3-6-10-24)27(30(33)34)19-23-13-15-26(16-14-23)35-18-17-28-22(2)37-29(31-28)25-11-7-4-8-12-25;1-17(2)33-28-18(3)23(26(29)30)16-20-10-12-22(13-11-20)31-15-14-24-19(4)32-25(27-24)21-8-6-5-7-9-21/h3-16,27H,17-20H2,1-2H3,(H,33,34);5-13,17,23H,14-16H2,1-4H3,(H,29,30)/b32-21+;28-18-. The number of benzene rings is 5. The maximum absolute atomic E-state index is 11.9. The third-order valence-electron chi connectivity index (χ3n) is 11.1. The van der Waals surface area contributed by atoms with E-state index in [4.69, 9.17) is 28.0 Å². The van der Waals surface area contributed by atoms with Crippen LogP contribution in [-0.2, 0) is 51.6 Å². The van der Waals surface area contributed by atoms with Crippen LogP contribution < -0.4 is 9.47 Å². The quantitative estimate of drug-likeness (QED) is 0.0457. The third-order valence-corrected chi connectivity index (χ3v) is 11.1. The van der Waals surface area contributed by atoms with Crippen molar-refractivity contribution in [1.29, 1.82) is 0 Å². The molecule has 2 heterocycles. The predicted molar refractivity (Wildman–Crippen MR) is 268 cm³/mol. The third kappa shape index (κ3) is 15.8. The fourth-order valence-electron chi connectivity index (χ4n) is 7.10. The van der Waals surface area contributed by atoms with Crippen molar-refractivity contribution in [2.45, 2.75) is 79.9 Å². The van der Waals surface area contributed by atoms with Crippen LogP contribution in [0.4, 0.5) is 0 Å². The molecule has 0 aliphatic heterocycles. The van der Waals surface area contributed by atoms with Crippen LogP contribution >= 0.6 is 0 Å². The van der Waals surface area contributed by atoms with Gasteiger partial charge >= 0.3 is 11.9 Å². The molecule has 0 fully saturated rings. The van der Waals surface area contributed by atoms with E-state index in [0.717, 1.165) is 50.7 Å². The zero-order valence-corrected chi connectivity index (χ0v) is 40.4. The van der Waals surface area contributed by atoms with Gasteiger partial charge in [-0.1, -0.05) is 101 Å². The van der Waals surface area contributed by atoms with E-state index < -0.39 is 23.8 Å². The second kappa shape index (κ2) is 25.9. The van der Waals surface area contributed by atoms with E-state index >= 15 is 0 Å². The predicted octanol–water partition coefficient (Wildman–Crippen LogP) is 11.4. The van der Waals surface area contributed by atoms with Gasteiger partial charge < -0.3 is 38.2 Å². The van der Waals surface area contributed by atoms with Gasteiger partial charge in [-0.05, 0) is 120 Å². The van der Waals surface area contributed by atoms with Crippen LogP contribution in [0.25, 0.3) is 22.9 Å². The molecule has 0 bridgehead atoms. The number of aromatic nitrogens is 2. The van der Waals surface area contributed by atoms with Gasteiger partial charge in [0.2, 0.25) is 11.8 Å². The first-order chi connectivity index (χ1) is 33.8. The van der Waals surface area contributed by atoms with E-state index in [-0.39, 0.29) is 12.7 Å². The number of oxime groups is 2. The largest absolute Gasteiger partial charge is 0.493 e. The number of carboxylic acid groups (broad SMARTS) is 2. The molecule has 2 atom stereocenters. The molecule has 5 aromatic carbocycles. The molecule has 0 saturated heterocycles. The van der Waals surface area contributed by atoms with Gasteiger partial charge in [0.15, 0.2) is 0 Å². The van der Waals surface area contributed by atoms with Gasteiger partial charge in [0.05, 0.1) is 36.0 Å². The molecule has 0 radical (unpaired) electrons. The number of ether oxygens (including phenoxy) is 2. The summed E-state index contributed by atoms with van der Waals surface area (Å²) in [5.74, 6) is 0.798. The summed E-state index contributed by atoms with van der Waals surface area (Å²) in [6.45, 7) is 12.0. The van der Waals surface area contributed by atoms with Crippen molar-refractivity contribution in [1.82, 2.24) is 9.97 Å². The summed E-state index contributed by atoms with van der Waals surface area (Å²) in [5, 5.41) is 27.3. The Labute approximate surface area is 408 Å². The Balaban J connectivity index is 0.000000231. The molecule has 364 valence electrons. The lowest BCUT2D eigenvalue weighted by Crippen LogP contribution is -2.24. The van der Waals surface area contributed by atoms with Gasteiger partial charge in [0.1, 0.15) is 47.6 Å². The van der Waals surface area contributed by atoms with Crippen molar-refractivity contribution in [2.75, 3.05) is 13.2 Å². The summed E-state index contributed by atoms with van der Waals surface area (Å²) in [7, 11) is 0. The molecule has 0 aliphatic carbocycles. The highest BCUT2D eigenvalue weighted by molar-refractivity contribution is 6.00. The topological polar surface area (TPSA) is 188 Å². The highest BCUT2D eigenvalue weighted by atomic mass is 16.6. The number of aryl methyl sites for hydroxylation is 2. The molecule has 70 heavy (non-hydrogen) atoms. The number of aliphatic carboxylic acids is 2. The molecule has 0 amide bonds.